The van der Waals surface area contributed by atoms with Gasteiger partial charge in [-0.2, -0.15) is 0 Å². The first-order chi connectivity index (χ1) is 13.5. The van der Waals surface area contributed by atoms with E-state index in [-0.39, 0.29) is 23.1 Å². The van der Waals surface area contributed by atoms with Gasteiger partial charge in [0.15, 0.2) is 0 Å². The van der Waals surface area contributed by atoms with Crippen LogP contribution >= 0.6 is 0 Å². The van der Waals surface area contributed by atoms with Crippen LogP contribution in [0.25, 0.3) is 0 Å². The molecule has 0 bridgehead atoms. The van der Waals surface area contributed by atoms with Crippen LogP contribution in [-0.4, -0.2) is 22.9 Å². The second kappa shape index (κ2) is 10.3. The van der Waals surface area contributed by atoms with Gasteiger partial charge < -0.3 is 15.7 Å². The van der Waals surface area contributed by atoms with Crippen molar-refractivity contribution in [3.05, 3.63) is 59.7 Å². The van der Waals surface area contributed by atoms with Gasteiger partial charge in [-0.05, 0) is 49.2 Å². The third kappa shape index (κ3) is 5.67. The van der Waals surface area contributed by atoms with Gasteiger partial charge >= 0.3 is 5.97 Å². The van der Waals surface area contributed by atoms with Gasteiger partial charge in [-0.25, -0.2) is 4.79 Å². The number of anilines is 2. The highest BCUT2D eigenvalue weighted by molar-refractivity contribution is 6.08. The van der Waals surface area contributed by atoms with Crippen LogP contribution in [0.4, 0.5) is 11.4 Å². The molecule has 2 aromatic carbocycles. The van der Waals surface area contributed by atoms with Crippen LogP contribution in [0, 0.1) is 5.92 Å². The lowest BCUT2D eigenvalue weighted by Crippen LogP contribution is -2.22. The van der Waals surface area contributed by atoms with E-state index in [0.29, 0.717) is 11.3 Å². The summed E-state index contributed by atoms with van der Waals surface area (Å²) < 4.78 is 0. The molecule has 2 aromatic rings. The van der Waals surface area contributed by atoms with Gasteiger partial charge in [0.05, 0.1) is 11.3 Å². The summed E-state index contributed by atoms with van der Waals surface area (Å²) in [6.07, 6.45) is 3.61. The number of hydrogen-bond donors (Lipinski definition) is 3. The van der Waals surface area contributed by atoms with Crippen molar-refractivity contribution in [2.45, 2.75) is 39.5 Å². The van der Waals surface area contributed by atoms with Crippen LogP contribution in [0.15, 0.2) is 48.5 Å². The minimum absolute atomic E-state index is 0.00344. The summed E-state index contributed by atoms with van der Waals surface area (Å²) in [5, 5.41) is 14.7. The predicted octanol–water partition coefficient (Wildman–Crippen LogP) is 4.79. The third-order valence-corrected chi connectivity index (χ3v) is 4.47. The molecular weight excluding hydrogens is 356 g/mol. The Bertz CT molecular complexity index is 825. The number of benzene rings is 2. The number of rotatable bonds is 9. The highest BCUT2D eigenvalue weighted by Gasteiger charge is 2.17. The molecule has 0 heterocycles. The van der Waals surface area contributed by atoms with E-state index in [1.165, 1.54) is 12.1 Å². The number of aromatic carboxylic acids is 1. The van der Waals surface area contributed by atoms with Gasteiger partial charge in [0.2, 0.25) is 5.91 Å². The molecule has 2 rings (SSSR count). The number of hydrogen-bond acceptors (Lipinski definition) is 3. The molecular formula is C22H26N2O4. The lowest BCUT2D eigenvalue weighted by molar-refractivity contribution is -0.120. The monoisotopic (exact) mass is 382 g/mol. The average molecular weight is 382 g/mol. The van der Waals surface area contributed by atoms with E-state index in [2.05, 4.69) is 24.5 Å². The fourth-order valence-corrected chi connectivity index (χ4v) is 3.03. The van der Waals surface area contributed by atoms with E-state index in [4.69, 9.17) is 0 Å². The third-order valence-electron chi connectivity index (χ3n) is 4.47. The summed E-state index contributed by atoms with van der Waals surface area (Å²) in [6, 6.07) is 12.8. The molecule has 0 aliphatic rings. The lowest BCUT2D eigenvalue weighted by atomic mass is 9.97. The molecule has 28 heavy (non-hydrogen) atoms. The molecule has 0 radical (unpaired) electrons. The van der Waals surface area contributed by atoms with E-state index in [1.54, 1.807) is 36.4 Å². The van der Waals surface area contributed by atoms with E-state index < -0.39 is 11.9 Å². The minimum atomic E-state index is -1.11. The first kappa shape index (κ1) is 21.2. The molecule has 6 heteroatoms. The van der Waals surface area contributed by atoms with E-state index in [1.807, 2.05) is 0 Å². The summed E-state index contributed by atoms with van der Waals surface area (Å²) in [6.45, 7) is 4.12. The molecule has 0 saturated carbocycles. The fraction of sp³-hybridized carbons (Fsp3) is 0.318. The van der Waals surface area contributed by atoms with Crippen LogP contribution in [-0.2, 0) is 4.79 Å². The quantitative estimate of drug-likeness (QED) is 0.581. The number of carbonyl (C=O) groups excluding carboxylic acids is 2. The van der Waals surface area contributed by atoms with E-state index in [0.717, 1.165) is 25.7 Å². The Morgan fingerprint density at radius 2 is 1.50 bits per heavy atom. The normalized spacial score (nSPS) is 10.5. The largest absolute Gasteiger partial charge is 0.478 e. The van der Waals surface area contributed by atoms with Gasteiger partial charge in [0.1, 0.15) is 0 Å². The standard InChI is InChI=1S/C22H26N2O4/c1-3-7-15(8-4-2)20(25)23-17-13-11-16(12-14-17)21(26)24-19-10-6-5-9-18(19)22(27)28/h5-6,9-15H,3-4,7-8H2,1-2H3,(H,23,25)(H,24,26)(H,27,28). The van der Waals surface area contributed by atoms with Crippen LogP contribution in [0.2, 0.25) is 0 Å². The summed E-state index contributed by atoms with van der Waals surface area (Å²) in [7, 11) is 0. The topological polar surface area (TPSA) is 95.5 Å². The number of amides is 2. The number of carboxylic acids is 1. The van der Waals surface area contributed by atoms with Crippen LogP contribution in [0.1, 0.15) is 60.2 Å². The Morgan fingerprint density at radius 3 is 2.07 bits per heavy atom. The van der Waals surface area contributed by atoms with Gasteiger partial charge in [-0.15, -0.1) is 0 Å². The number of carbonyl (C=O) groups is 3. The molecule has 148 valence electrons. The van der Waals surface area contributed by atoms with Gasteiger partial charge in [0, 0.05) is 17.2 Å². The summed E-state index contributed by atoms with van der Waals surface area (Å²) in [4.78, 5) is 36.1. The SMILES string of the molecule is CCCC(CCC)C(=O)Nc1ccc(C(=O)Nc2ccccc2C(=O)O)cc1. The number of nitrogens with one attached hydrogen (secondary N) is 2. The second-order valence-electron chi connectivity index (χ2n) is 6.65. The molecule has 0 aromatic heterocycles. The second-order valence-corrected chi connectivity index (χ2v) is 6.65. The molecule has 2 amide bonds. The van der Waals surface area contributed by atoms with Crippen molar-refractivity contribution < 1.29 is 19.5 Å². The van der Waals surface area contributed by atoms with E-state index >= 15 is 0 Å². The summed E-state index contributed by atoms with van der Waals surface area (Å²) in [5.41, 5.74) is 1.26. The van der Waals surface area contributed by atoms with Crippen molar-refractivity contribution in [2.24, 2.45) is 5.92 Å². The molecule has 0 unspecified atom stereocenters. The maximum absolute atomic E-state index is 12.4. The molecule has 0 saturated heterocycles. The molecule has 3 N–H and O–H groups in total. The number of carboxylic acid groups (broad SMARTS) is 1. The highest BCUT2D eigenvalue weighted by Crippen LogP contribution is 2.19. The highest BCUT2D eigenvalue weighted by atomic mass is 16.4. The Morgan fingerprint density at radius 1 is 0.893 bits per heavy atom. The van der Waals surface area contributed by atoms with Crippen molar-refractivity contribution in [1.29, 1.82) is 0 Å². The van der Waals surface area contributed by atoms with Crippen molar-refractivity contribution in [1.82, 2.24) is 0 Å². The molecule has 0 spiro atoms. The number of para-hydroxylation sites is 1. The smallest absolute Gasteiger partial charge is 0.337 e. The molecule has 6 nitrogen and oxygen atoms in total. The zero-order valence-electron chi connectivity index (χ0n) is 16.2. The maximum atomic E-state index is 12.4. The van der Waals surface area contributed by atoms with Crippen molar-refractivity contribution in [2.75, 3.05) is 10.6 Å². The van der Waals surface area contributed by atoms with Crippen molar-refractivity contribution >= 4 is 29.2 Å². The Balaban J connectivity index is 2.05. The Hall–Kier alpha value is -3.15. The van der Waals surface area contributed by atoms with Crippen molar-refractivity contribution in [3.63, 3.8) is 0 Å². The van der Waals surface area contributed by atoms with Crippen LogP contribution in [0.3, 0.4) is 0 Å². The zero-order valence-corrected chi connectivity index (χ0v) is 16.2. The summed E-state index contributed by atoms with van der Waals surface area (Å²) in [5.74, 6) is -1.54. The van der Waals surface area contributed by atoms with Gasteiger partial charge in [0.25, 0.3) is 5.91 Å². The minimum Gasteiger partial charge on any atom is -0.478 e. The predicted molar refractivity (Wildman–Crippen MR) is 110 cm³/mol. The molecule has 0 fully saturated rings. The first-order valence-corrected chi connectivity index (χ1v) is 9.50. The van der Waals surface area contributed by atoms with Crippen LogP contribution < -0.4 is 10.6 Å². The fourth-order valence-electron chi connectivity index (χ4n) is 3.03. The first-order valence-electron chi connectivity index (χ1n) is 9.50. The van der Waals surface area contributed by atoms with Gasteiger partial charge in [-0.3, -0.25) is 9.59 Å². The van der Waals surface area contributed by atoms with E-state index in [9.17, 15) is 19.5 Å². The molecule has 0 aliphatic carbocycles. The van der Waals surface area contributed by atoms with Crippen LogP contribution in [0.5, 0.6) is 0 Å². The molecule has 0 atom stereocenters. The Kier molecular flexibility index (Phi) is 7.75. The maximum Gasteiger partial charge on any atom is 0.337 e. The average Bonchev–Trinajstić information content (AvgIpc) is 2.68. The lowest BCUT2D eigenvalue weighted by Gasteiger charge is -2.15. The molecule has 0 aliphatic heterocycles. The van der Waals surface area contributed by atoms with Gasteiger partial charge in [-0.1, -0.05) is 38.8 Å². The summed E-state index contributed by atoms with van der Waals surface area (Å²) >= 11 is 0. The Labute approximate surface area is 165 Å². The van der Waals surface area contributed by atoms with Crippen molar-refractivity contribution in [3.8, 4) is 0 Å². The zero-order chi connectivity index (χ0) is 20.5.